The molecule has 1 aliphatic carbocycles. The van der Waals surface area contributed by atoms with Gasteiger partial charge in [-0.05, 0) is 49.3 Å². The fraction of sp³-hybridized carbons (Fsp3) is 0.231. The van der Waals surface area contributed by atoms with Gasteiger partial charge >= 0.3 is 0 Å². The van der Waals surface area contributed by atoms with E-state index in [1.165, 1.54) is 0 Å². The summed E-state index contributed by atoms with van der Waals surface area (Å²) in [5, 5.41) is 8.51. The average molecular weight is 349 g/mol. The Labute approximate surface area is 138 Å². The Bertz CT molecular complexity index is 554. The maximum atomic E-state index is 6.04. The number of rotatable bonds is 2. The number of pyridine rings is 1. The lowest BCUT2D eigenvalue weighted by Crippen LogP contribution is -2.36. The SMILES string of the molecule is S=C(Nc1ccc(Cl)nc1)NC1C=C(Cl)C=C(Cl)CC1. The van der Waals surface area contributed by atoms with Gasteiger partial charge in [0.2, 0.25) is 0 Å². The van der Waals surface area contributed by atoms with Crippen LogP contribution in [0.4, 0.5) is 5.69 Å². The van der Waals surface area contributed by atoms with E-state index in [-0.39, 0.29) is 6.04 Å². The largest absolute Gasteiger partial charge is 0.356 e. The second-order valence-corrected chi connectivity index (χ2v) is 5.97. The predicted octanol–water partition coefficient (Wildman–Crippen LogP) is 4.43. The van der Waals surface area contributed by atoms with Crippen LogP contribution in [-0.2, 0) is 0 Å². The van der Waals surface area contributed by atoms with Gasteiger partial charge in [0.25, 0.3) is 0 Å². The third kappa shape index (κ3) is 4.94. The fourth-order valence-corrected chi connectivity index (χ4v) is 2.69. The summed E-state index contributed by atoms with van der Waals surface area (Å²) < 4.78 is 0. The van der Waals surface area contributed by atoms with E-state index >= 15 is 0 Å². The molecule has 0 aliphatic heterocycles. The first-order valence-electron chi connectivity index (χ1n) is 5.95. The summed E-state index contributed by atoms with van der Waals surface area (Å²) in [6.07, 6.45) is 6.85. The van der Waals surface area contributed by atoms with Crippen LogP contribution in [0.15, 0.2) is 40.5 Å². The van der Waals surface area contributed by atoms with E-state index < -0.39 is 0 Å². The number of hydrogen-bond acceptors (Lipinski definition) is 2. The second-order valence-electron chi connectivity index (χ2n) is 4.26. The van der Waals surface area contributed by atoms with Crippen molar-refractivity contribution in [3.8, 4) is 0 Å². The zero-order valence-electron chi connectivity index (χ0n) is 10.4. The van der Waals surface area contributed by atoms with Crippen LogP contribution in [0, 0.1) is 0 Å². The summed E-state index contributed by atoms with van der Waals surface area (Å²) in [5.74, 6) is 0. The van der Waals surface area contributed by atoms with E-state index in [0.717, 1.165) is 23.6 Å². The monoisotopic (exact) mass is 347 g/mol. The molecule has 1 aliphatic rings. The summed E-state index contributed by atoms with van der Waals surface area (Å²) >= 11 is 23.0. The van der Waals surface area contributed by atoms with E-state index in [1.54, 1.807) is 24.4 Å². The molecule has 1 heterocycles. The van der Waals surface area contributed by atoms with Gasteiger partial charge in [0.05, 0.1) is 11.9 Å². The van der Waals surface area contributed by atoms with Crippen molar-refractivity contribution in [2.45, 2.75) is 18.9 Å². The van der Waals surface area contributed by atoms with Gasteiger partial charge in [-0.3, -0.25) is 0 Å². The molecule has 1 unspecified atom stereocenters. The number of nitrogens with one attached hydrogen (secondary N) is 2. The lowest BCUT2D eigenvalue weighted by molar-refractivity contribution is 0.672. The van der Waals surface area contributed by atoms with Gasteiger partial charge in [-0.2, -0.15) is 0 Å². The van der Waals surface area contributed by atoms with E-state index in [2.05, 4.69) is 15.6 Å². The molecule has 20 heavy (non-hydrogen) atoms. The number of aromatic nitrogens is 1. The smallest absolute Gasteiger partial charge is 0.171 e. The molecule has 1 aromatic rings. The number of thiocarbonyl (C=S) groups is 1. The number of anilines is 1. The highest BCUT2D eigenvalue weighted by Crippen LogP contribution is 2.22. The molecule has 0 radical (unpaired) electrons. The van der Waals surface area contributed by atoms with Gasteiger partial charge in [0.1, 0.15) is 5.15 Å². The third-order valence-corrected chi connectivity index (χ3v) is 3.63. The highest BCUT2D eigenvalue weighted by Gasteiger charge is 2.12. The van der Waals surface area contributed by atoms with E-state index in [0.29, 0.717) is 15.3 Å². The van der Waals surface area contributed by atoms with E-state index in [1.807, 2.05) is 6.08 Å². The number of allylic oxidation sites excluding steroid dienone is 3. The van der Waals surface area contributed by atoms with Gasteiger partial charge in [-0.1, -0.05) is 34.8 Å². The first-order valence-corrected chi connectivity index (χ1v) is 7.49. The quantitative estimate of drug-likeness (QED) is 0.612. The van der Waals surface area contributed by atoms with Crippen LogP contribution < -0.4 is 10.6 Å². The zero-order valence-corrected chi connectivity index (χ0v) is 13.5. The predicted molar refractivity (Wildman–Crippen MR) is 89.5 cm³/mol. The minimum absolute atomic E-state index is 0.0373. The molecule has 2 N–H and O–H groups in total. The molecule has 1 aromatic heterocycles. The summed E-state index contributed by atoms with van der Waals surface area (Å²) in [4.78, 5) is 3.97. The molecule has 0 saturated heterocycles. The maximum absolute atomic E-state index is 6.04. The molecule has 7 heteroatoms. The highest BCUT2D eigenvalue weighted by atomic mass is 35.5. The van der Waals surface area contributed by atoms with Gasteiger partial charge in [-0.15, -0.1) is 0 Å². The molecule has 0 aromatic carbocycles. The maximum Gasteiger partial charge on any atom is 0.171 e. The van der Waals surface area contributed by atoms with Crippen molar-refractivity contribution in [2.75, 3.05) is 5.32 Å². The molecular weight excluding hydrogens is 337 g/mol. The molecule has 0 spiro atoms. The van der Waals surface area contributed by atoms with E-state index in [9.17, 15) is 0 Å². The van der Waals surface area contributed by atoms with Crippen LogP contribution in [0.25, 0.3) is 0 Å². The number of nitrogens with zero attached hydrogens (tertiary/aromatic N) is 1. The Morgan fingerprint density at radius 1 is 1.30 bits per heavy atom. The first-order chi connectivity index (χ1) is 9.52. The lowest BCUT2D eigenvalue weighted by atomic mass is 10.2. The minimum atomic E-state index is 0.0373. The van der Waals surface area contributed by atoms with Gasteiger partial charge in [-0.25, -0.2) is 4.98 Å². The van der Waals surface area contributed by atoms with Gasteiger partial charge in [0, 0.05) is 16.1 Å². The van der Waals surface area contributed by atoms with Crippen LogP contribution in [0.5, 0.6) is 0 Å². The molecule has 0 bridgehead atoms. The van der Waals surface area contributed by atoms with Crippen molar-refractivity contribution < 1.29 is 0 Å². The van der Waals surface area contributed by atoms with Crippen LogP contribution in [0.3, 0.4) is 0 Å². The van der Waals surface area contributed by atoms with Crippen molar-refractivity contribution in [1.82, 2.24) is 10.3 Å². The van der Waals surface area contributed by atoms with Crippen molar-refractivity contribution in [3.63, 3.8) is 0 Å². The molecule has 1 atom stereocenters. The standard InChI is InChI=1S/C13H12Cl3N3S/c14-8-1-2-10(6-9(15)5-8)18-13(20)19-11-3-4-12(16)17-7-11/h3-7,10H,1-2H2,(H2,18,19,20). The van der Waals surface area contributed by atoms with Crippen molar-refractivity contribution in [2.24, 2.45) is 0 Å². The molecule has 2 rings (SSSR count). The molecule has 0 amide bonds. The van der Waals surface area contributed by atoms with Crippen molar-refractivity contribution >= 4 is 57.8 Å². The number of hydrogen-bond donors (Lipinski definition) is 2. The lowest BCUT2D eigenvalue weighted by Gasteiger charge is -2.17. The first kappa shape index (κ1) is 15.6. The highest BCUT2D eigenvalue weighted by molar-refractivity contribution is 7.80. The topological polar surface area (TPSA) is 37.0 Å². The summed E-state index contributed by atoms with van der Waals surface area (Å²) in [6, 6.07) is 3.53. The molecule has 0 saturated carbocycles. The van der Waals surface area contributed by atoms with Crippen molar-refractivity contribution in [3.05, 3.63) is 45.7 Å². The Balaban J connectivity index is 1.92. The van der Waals surface area contributed by atoms with Crippen LogP contribution >= 0.6 is 47.0 Å². The third-order valence-electron chi connectivity index (χ3n) is 2.65. The average Bonchev–Trinajstić information content (AvgIpc) is 2.53. The Morgan fingerprint density at radius 3 is 2.80 bits per heavy atom. The van der Waals surface area contributed by atoms with Crippen LogP contribution in [-0.4, -0.2) is 16.1 Å². The summed E-state index contributed by atoms with van der Waals surface area (Å²) in [6.45, 7) is 0. The molecular formula is C13H12Cl3N3S. The van der Waals surface area contributed by atoms with Gasteiger partial charge < -0.3 is 10.6 Å². The Morgan fingerprint density at radius 2 is 2.10 bits per heavy atom. The minimum Gasteiger partial charge on any atom is -0.356 e. The van der Waals surface area contributed by atoms with Crippen LogP contribution in [0.2, 0.25) is 5.15 Å². The van der Waals surface area contributed by atoms with Crippen molar-refractivity contribution in [1.29, 1.82) is 0 Å². The Kier molecular flexibility index (Phi) is 5.66. The van der Waals surface area contributed by atoms with Gasteiger partial charge in [0.15, 0.2) is 5.11 Å². The molecule has 3 nitrogen and oxygen atoms in total. The fourth-order valence-electron chi connectivity index (χ4n) is 1.74. The summed E-state index contributed by atoms with van der Waals surface area (Å²) in [5.41, 5.74) is 0.770. The summed E-state index contributed by atoms with van der Waals surface area (Å²) in [7, 11) is 0. The zero-order chi connectivity index (χ0) is 14.5. The molecule has 0 fully saturated rings. The van der Waals surface area contributed by atoms with E-state index in [4.69, 9.17) is 47.0 Å². The normalized spacial score (nSPS) is 18.6. The van der Waals surface area contributed by atoms with Crippen LogP contribution in [0.1, 0.15) is 12.8 Å². The second kappa shape index (κ2) is 7.27. The number of halogens is 3. The Hall–Kier alpha value is -0.810. The molecule has 106 valence electrons.